The normalized spacial score (nSPS) is 27.7. The first kappa shape index (κ1) is 113. The number of carbonyl (C=O) groups is 13. The van der Waals surface area contributed by atoms with Gasteiger partial charge in [0.25, 0.3) is 11.8 Å². The molecule has 4 fully saturated rings. The van der Waals surface area contributed by atoms with Crippen molar-refractivity contribution < 1.29 is 164 Å². The number of piperidine rings is 3. The van der Waals surface area contributed by atoms with E-state index < -0.39 is 195 Å². The Balaban J connectivity index is 0.000000176. The second-order valence-electron chi connectivity index (χ2n) is 43.3. The van der Waals surface area contributed by atoms with E-state index in [0.717, 1.165) is 39.9 Å². The summed E-state index contributed by atoms with van der Waals surface area (Å²) in [6, 6.07) is 9.08. The Morgan fingerprint density at radius 3 is 1.03 bits per heavy atom. The second kappa shape index (κ2) is 44.0. The summed E-state index contributed by atoms with van der Waals surface area (Å²) in [5, 5.41) is 78.8. The molecular formula is C104H139Cl2N5O34. The Hall–Kier alpha value is -10.8. The number of ketones is 2. The van der Waals surface area contributed by atoms with Gasteiger partial charge in [0.05, 0.1) is 50.2 Å². The molecule has 21 atom stereocenters. The van der Waals surface area contributed by atoms with Crippen LogP contribution in [0.1, 0.15) is 241 Å². The SMILES string of the molecule is CC(C)C[C@H](CC(=O)[C@H](C)O)C(=O)O[C@@H](C)C(=O)OC1=CC[C@@]2(O)[C@H]3Cc4ccc(O)c5c4[C@@]2(CCN3C)[C@H]1O5.CC(C)C[C@H](CC(=O)[C@H](C)OC(=O)OC(C)(C)C)C(=O)O[C@@H](C)C(=O)OC1=CC[C@@]2(O)[C@H]3Cc4ccc(O)c5c4[C@@]2(CCN3C)[C@H]1O5.CC(C)C[C@H](N)C(=O)O[C@@H](C)C(=O)OC1=CC[C@@]2(O)[C@H]3Cc4ccc(O)c5c4[C@@]2(CCN3C)[C@H]1O5.C[C@H](OC(=O)OC(C)(C)C)C(=O)ON1C(=O)CCC1=O.ClCCl. The third kappa shape index (κ3) is 22.4. The molecule has 0 unspecified atom stereocenters. The average Bonchev–Trinajstić information content (AvgIpc) is 1.53. The third-order valence-electron chi connectivity index (χ3n) is 29.5. The molecule has 7 heterocycles. The minimum Gasteiger partial charge on any atom is -0.504 e. The van der Waals surface area contributed by atoms with Gasteiger partial charge >= 0.3 is 54.1 Å². The van der Waals surface area contributed by atoms with Crippen LogP contribution in [0.5, 0.6) is 34.5 Å². The number of phenolic OH excluding ortho intramolecular Hbond substituents is 3. The minimum absolute atomic E-state index is 0.000585. The number of hydroxylamine groups is 2. The molecule has 3 aromatic rings. The highest BCUT2D eigenvalue weighted by molar-refractivity contribution is 6.40. The Morgan fingerprint density at radius 2 is 0.731 bits per heavy atom. The molecule has 2 amide bonds. The van der Waals surface area contributed by atoms with Crippen molar-refractivity contribution in [3.05, 3.63) is 105 Å². The maximum absolute atomic E-state index is 13.4. The number of benzene rings is 3. The Kier molecular flexibility index (Phi) is 34.3. The fourth-order valence-electron chi connectivity index (χ4n) is 22.7. The van der Waals surface area contributed by atoms with E-state index in [-0.39, 0.29) is 121 Å². The first-order chi connectivity index (χ1) is 67.7. The molecule has 0 radical (unpaired) electrons. The number of carbonyl (C=O) groups excluding carboxylic acids is 13. The van der Waals surface area contributed by atoms with E-state index in [1.807, 2.05) is 80.9 Å². The number of esters is 6. The molecule has 6 aliphatic carbocycles. The quantitative estimate of drug-likeness (QED) is 0.0145. The number of hydrogen-bond acceptors (Lipinski definition) is 38. The van der Waals surface area contributed by atoms with Gasteiger partial charge in [0.2, 0.25) is 6.10 Å². The van der Waals surface area contributed by atoms with Crippen molar-refractivity contribution in [2.24, 2.45) is 35.3 Å². The molecule has 39 nitrogen and oxygen atoms in total. The van der Waals surface area contributed by atoms with Crippen molar-refractivity contribution in [3.8, 4) is 34.5 Å². The number of aromatic hydroxyl groups is 3. The molecule has 0 aromatic heterocycles. The molecule has 3 spiro atoms. The van der Waals surface area contributed by atoms with E-state index in [2.05, 4.69) is 24.3 Å². The summed E-state index contributed by atoms with van der Waals surface area (Å²) in [6.45, 7) is 31.8. The number of Topliss-reactive ketones (excluding diaryl/α,β-unsaturated/α-hetero) is 2. The van der Waals surface area contributed by atoms with Gasteiger partial charge in [0.1, 0.15) is 40.6 Å². The molecule has 9 N–H and O–H groups in total. The van der Waals surface area contributed by atoms with Crippen molar-refractivity contribution in [2.45, 2.75) is 351 Å². The lowest BCUT2D eigenvalue weighted by Gasteiger charge is -2.61. The summed E-state index contributed by atoms with van der Waals surface area (Å²) >= 11 is 9.53. The standard InChI is InChI=1S/C35H47NO11.C30H39NO9.C26H34N2O7.C12H17NO7.CH2Cl2/c1-18(2)15-22(16-24(38)19(3)44-32(41)47-33(5,6)7)31(40)43-20(4)30(39)45-25-11-12-35(42)26-17-21-9-10-23(37)28-27(21)34(35,29(25)46-28)13-14-36(26)8;1-15(2)12-19(13-21(34)16(3)32)28(36)38-17(4)27(35)39-22-8-9-30(37)23-14-18-6-7-20(33)25-24(18)29(30,26(22)40-25)10-11-31(23)5;1-13(2)11-16(27)24(31)33-14(3)23(30)34-18-7-8-26(32)19-12-15-5-6-17(29)21-20(15)25(26,22(18)35-21)9-10-28(19)4;1-7(18-11(17)19-12(2,3)4)10(16)20-13-8(14)5-6-9(13)15;2-1-3/h9-11,18-20,22,26,29,37,42H,12-17H2,1-8H3;6-8,15-17,19,23,26,32-33,37H,9-14H2,1-5H3;5-7,13-14,16,19,22,29,32H,8-12,27H2,1-4H3;7H,5-6H2,1-4H3;1H2/t19-,20-,22+,26+,29-,34-,35+;16-,17-,19+,23+,26-,29-,30+;14-,16-,19+,22-,25-,26+;7-;/m0000./s1. The highest BCUT2D eigenvalue weighted by Gasteiger charge is 2.76. The van der Waals surface area contributed by atoms with Gasteiger partial charge in [-0.05, 0) is 253 Å². The molecule has 3 aromatic carbocycles. The summed E-state index contributed by atoms with van der Waals surface area (Å²) in [5.74, 6) is -7.53. The molecule has 7 aliphatic heterocycles. The Labute approximate surface area is 852 Å². The van der Waals surface area contributed by atoms with Gasteiger partial charge in [-0.1, -0.05) is 59.7 Å². The highest BCUT2D eigenvalue weighted by atomic mass is 35.5. The molecule has 41 heteroatoms. The maximum atomic E-state index is 13.4. The number of rotatable bonds is 28. The van der Waals surface area contributed by atoms with E-state index in [1.54, 1.807) is 78.0 Å². The molecule has 16 rings (SSSR count). The largest absolute Gasteiger partial charge is 0.509 e. The molecule has 0 saturated carbocycles. The lowest BCUT2D eigenvalue weighted by Crippen LogP contribution is -2.74. The number of aliphatic hydroxyl groups is 4. The van der Waals surface area contributed by atoms with Crippen molar-refractivity contribution in [2.75, 3.05) is 46.1 Å². The first-order valence-electron chi connectivity index (χ1n) is 49.4. The van der Waals surface area contributed by atoms with Gasteiger partial charge in [-0.2, -0.15) is 0 Å². The molecule has 798 valence electrons. The molecular weight excluding hydrogens is 1930 g/mol. The zero-order valence-corrected chi connectivity index (χ0v) is 87.5. The number of nitrogens with two attached hydrogens (primary N) is 1. The van der Waals surface area contributed by atoms with Crippen LogP contribution in [0, 0.1) is 29.6 Å². The molecule has 6 bridgehead atoms. The topological polar surface area (TPSA) is 532 Å². The summed E-state index contributed by atoms with van der Waals surface area (Å²) in [5.41, 5.74) is 3.45. The van der Waals surface area contributed by atoms with Crippen LogP contribution in [0.4, 0.5) is 9.59 Å². The molecule has 145 heavy (non-hydrogen) atoms. The number of aliphatic hydroxyl groups excluding tert-OH is 1. The third-order valence-corrected chi connectivity index (χ3v) is 29.5. The van der Waals surface area contributed by atoms with Gasteiger partial charge < -0.3 is 123 Å². The molecule has 13 aliphatic rings. The van der Waals surface area contributed by atoms with Crippen LogP contribution >= 0.6 is 23.2 Å². The van der Waals surface area contributed by atoms with Gasteiger partial charge in [0.15, 0.2) is 88.8 Å². The van der Waals surface area contributed by atoms with Crippen LogP contribution in [0.2, 0.25) is 0 Å². The lowest BCUT2D eigenvalue weighted by molar-refractivity contribution is -0.203. The number of alkyl halides is 2. The van der Waals surface area contributed by atoms with Crippen molar-refractivity contribution in [1.82, 2.24) is 19.8 Å². The van der Waals surface area contributed by atoms with Crippen molar-refractivity contribution in [3.63, 3.8) is 0 Å². The van der Waals surface area contributed by atoms with Gasteiger partial charge in [-0.15, -0.1) is 28.3 Å². The zero-order valence-electron chi connectivity index (χ0n) is 86.0. The van der Waals surface area contributed by atoms with Crippen LogP contribution in [0.15, 0.2) is 71.9 Å². The van der Waals surface area contributed by atoms with Gasteiger partial charge in [-0.3, -0.25) is 33.6 Å². The Morgan fingerprint density at radius 1 is 0.434 bits per heavy atom. The van der Waals surface area contributed by atoms with Crippen LogP contribution < -0.4 is 19.9 Å². The minimum atomic E-state index is -1.33. The van der Waals surface area contributed by atoms with E-state index in [4.69, 9.17) is 85.8 Å². The second-order valence-corrected chi connectivity index (χ2v) is 44.1. The zero-order chi connectivity index (χ0) is 107. The van der Waals surface area contributed by atoms with Crippen LogP contribution in [0.25, 0.3) is 0 Å². The number of phenols is 3. The van der Waals surface area contributed by atoms with E-state index >= 15 is 0 Å². The number of likely N-dealkylation sites (tertiary alicyclic amines) is 3. The fourth-order valence-corrected chi connectivity index (χ4v) is 22.7. The maximum Gasteiger partial charge on any atom is 0.509 e. The highest BCUT2D eigenvalue weighted by Crippen LogP contribution is 2.69. The summed E-state index contributed by atoms with van der Waals surface area (Å²) < 4.78 is 72.3. The van der Waals surface area contributed by atoms with E-state index in [0.29, 0.717) is 93.2 Å². The summed E-state index contributed by atoms with van der Waals surface area (Å²) in [4.78, 5) is 172. The number of likely N-dealkylation sites (N-methyl/N-ethyl adjacent to an activating group) is 3. The van der Waals surface area contributed by atoms with Crippen molar-refractivity contribution in [1.29, 1.82) is 0 Å². The number of ether oxygens (including phenoxy) is 13. The van der Waals surface area contributed by atoms with E-state index in [1.165, 1.54) is 41.5 Å². The first-order valence-corrected chi connectivity index (χ1v) is 50.4. The summed E-state index contributed by atoms with van der Waals surface area (Å²) in [6.07, 6.45) is -2.09. The van der Waals surface area contributed by atoms with Crippen LogP contribution in [-0.4, -0.2) is 286 Å². The number of halogens is 2. The Bertz CT molecular complexity index is 5570. The predicted molar refractivity (Wildman–Crippen MR) is 516 cm³/mol. The number of hydrogen-bond donors (Lipinski definition) is 8. The smallest absolute Gasteiger partial charge is 0.504 e. The number of nitrogens with zero attached hydrogens (tertiary/aromatic N) is 4. The van der Waals surface area contributed by atoms with E-state index in [9.17, 15) is 98.1 Å². The fraction of sp³-hybridized carbons (Fsp3) is 0.644. The molecule has 4 saturated heterocycles. The monoisotopic (exact) mass is 2070 g/mol. The number of amides is 2. The van der Waals surface area contributed by atoms with Crippen LogP contribution in [-0.2, 0) is 140 Å². The van der Waals surface area contributed by atoms with Gasteiger partial charge in [0, 0.05) is 79.8 Å². The number of imide groups is 1. The average molecular weight is 2070 g/mol. The van der Waals surface area contributed by atoms with Crippen LogP contribution in [0.3, 0.4) is 0 Å². The lowest BCUT2D eigenvalue weighted by atomic mass is 9.50. The van der Waals surface area contributed by atoms with Gasteiger partial charge in [-0.25, -0.2) is 28.8 Å². The summed E-state index contributed by atoms with van der Waals surface area (Å²) in [7, 11) is 5.98. The van der Waals surface area contributed by atoms with Crippen molar-refractivity contribution >= 4 is 101 Å². The predicted octanol–water partition coefficient (Wildman–Crippen LogP) is 10.1.